The van der Waals surface area contributed by atoms with Gasteiger partial charge in [0, 0.05) is 32.0 Å². The molecule has 0 bridgehead atoms. The van der Waals surface area contributed by atoms with E-state index >= 15 is 0 Å². The van der Waals surface area contributed by atoms with Gasteiger partial charge in [0.2, 0.25) is 10.0 Å². The monoisotopic (exact) mass is 477 g/mol. The molecule has 2 aliphatic rings. The summed E-state index contributed by atoms with van der Waals surface area (Å²) in [5, 5.41) is 6.89. The first-order valence-electron chi connectivity index (χ1n) is 10.5. The Morgan fingerprint density at radius 3 is 2.31 bits per heavy atom. The summed E-state index contributed by atoms with van der Waals surface area (Å²) in [6.07, 6.45) is 1.18. The second kappa shape index (κ2) is 10.5. The summed E-state index contributed by atoms with van der Waals surface area (Å²) in [4.78, 5) is 16.9. The summed E-state index contributed by atoms with van der Waals surface area (Å²) >= 11 is 0. The zero-order valence-electron chi connectivity index (χ0n) is 17.4. The fraction of sp³-hybridized carbons (Fsp3) is 0.600. The number of amides is 1. The van der Waals surface area contributed by atoms with Gasteiger partial charge in [0.15, 0.2) is 6.61 Å². The average molecular weight is 478 g/mol. The van der Waals surface area contributed by atoms with Crippen molar-refractivity contribution < 1.29 is 36.0 Å². The van der Waals surface area contributed by atoms with Gasteiger partial charge in [0.1, 0.15) is 5.75 Å². The molecule has 1 N–H and O–H groups in total. The van der Waals surface area contributed by atoms with Crippen molar-refractivity contribution in [1.82, 2.24) is 9.62 Å². The quantitative estimate of drug-likeness (QED) is 0.609. The lowest BCUT2D eigenvalue weighted by Gasteiger charge is -2.26. The van der Waals surface area contributed by atoms with Gasteiger partial charge in [-0.1, -0.05) is 24.4 Å². The molecule has 0 radical (unpaired) electrons. The van der Waals surface area contributed by atoms with Gasteiger partial charge < -0.3 is 14.9 Å². The summed E-state index contributed by atoms with van der Waals surface area (Å²) in [5.41, 5.74) is 0.649. The van der Waals surface area contributed by atoms with Crippen molar-refractivity contribution in [1.29, 1.82) is 0 Å². The Bertz CT molecular complexity index is 903. The molecule has 1 aliphatic heterocycles. The standard InChI is InChI=1S/C20H26F3N3O5S/c21-20(22,23)31-17-6-8-18(9-7-17)32(28,29)26-12-10-16(11-13-26)25-30-14-19(27)24-15-4-2-1-3-5-15/h6-9,15H,1-5,10-14H2,(H,24,27). The van der Waals surface area contributed by atoms with E-state index < -0.39 is 22.1 Å². The van der Waals surface area contributed by atoms with Gasteiger partial charge in [-0.05, 0) is 37.1 Å². The average Bonchev–Trinajstić information content (AvgIpc) is 2.74. The zero-order valence-corrected chi connectivity index (χ0v) is 18.3. The molecule has 0 aromatic heterocycles. The Morgan fingerprint density at radius 1 is 1.09 bits per heavy atom. The van der Waals surface area contributed by atoms with E-state index in [9.17, 15) is 26.4 Å². The predicted molar refractivity (Wildman–Crippen MR) is 110 cm³/mol. The number of ether oxygens (including phenoxy) is 1. The molecule has 32 heavy (non-hydrogen) atoms. The summed E-state index contributed by atoms with van der Waals surface area (Å²) < 4.78 is 67.2. The van der Waals surface area contributed by atoms with Crippen molar-refractivity contribution in [3.63, 3.8) is 0 Å². The molecular weight excluding hydrogens is 451 g/mol. The van der Waals surface area contributed by atoms with Gasteiger partial charge in [-0.3, -0.25) is 4.79 Å². The third kappa shape index (κ3) is 7.09. The highest BCUT2D eigenvalue weighted by Crippen LogP contribution is 2.26. The fourth-order valence-electron chi connectivity index (χ4n) is 3.74. The molecule has 8 nitrogen and oxygen atoms in total. The molecule has 1 aliphatic carbocycles. The van der Waals surface area contributed by atoms with Crippen LogP contribution < -0.4 is 10.1 Å². The summed E-state index contributed by atoms with van der Waals surface area (Å²) in [7, 11) is -3.86. The number of nitrogens with one attached hydrogen (secondary N) is 1. The van der Waals surface area contributed by atoms with Crippen LogP contribution in [0.5, 0.6) is 5.75 Å². The highest BCUT2D eigenvalue weighted by atomic mass is 32.2. The zero-order chi connectivity index (χ0) is 23.2. The minimum Gasteiger partial charge on any atom is -0.406 e. The second-order valence-electron chi connectivity index (χ2n) is 7.76. The number of sulfonamides is 1. The number of piperidine rings is 1. The van der Waals surface area contributed by atoms with Crippen LogP contribution in [0.2, 0.25) is 0 Å². The van der Waals surface area contributed by atoms with Crippen molar-refractivity contribution in [2.45, 2.75) is 62.2 Å². The summed E-state index contributed by atoms with van der Waals surface area (Å²) in [5.74, 6) is -0.714. The number of hydrogen-bond donors (Lipinski definition) is 1. The molecule has 1 saturated carbocycles. The van der Waals surface area contributed by atoms with E-state index in [4.69, 9.17) is 4.84 Å². The third-order valence-electron chi connectivity index (χ3n) is 5.35. The second-order valence-corrected chi connectivity index (χ2v) is 9.69. The molecule has 1 heterocycles. The van der Waals surface area contributed by atoms with Gasteiger partial charge in [-0.25, -0.2) is 8.42 Å². The number of alkyl halides is 3. The van der Waals surface area contributed by atoms with E-state index in [-0.39, 0.29) is 36.5 Å². The number of nitrogens with zero attached hydrogens (tertiary/aromatic N) is 2. The van der Waals surface area contributed by atoms with Crippen molar-refractivity contribution in [2.24, 2.45) is 5.16 Å². The molecule has 0 unspecified atom stereocenters. The Labute approximate surface area is 184 Å². The van der Waals surface area contributed by atoms with Crippen molar-refractivity contribution >= 4 is 21.6 Å². The Kier molecular flexibility index (Phi) is 7.99. The van der Waals surface area contributed by atoms with E-state index in [2.05, 4.69) is 15.2 Å². The lowest BCUT2D eigenvalue weighted by Crippen LogP contribution is -2.39. The predicted octanol–water partition coefficient (Wildman–Crippen LogP) is 3.19. The maximum Gasteiger partial charge on any atom is 0.573 e. The van der Waals surface area contributed by atoms with Gasteiger partial charge in [-0.2, -0.15) is 4.31 Å². The van der Waals surface area contributed by atoms with Crippen LogP contribution in [-0.2, 0) is 19.7 Å². The third-order valence-corrected chi connectivity index (χ3v) is 7.27. The largest absolute Gasteiger partial charge is 0.573 e. The van der Waals surface area contributed by atoms with E-state index in [1.165, 1.54) is 10.7 Å². The molecule has 1 aromatic rings. The lowest BCUT2D eigenvalue weighted by atomic mass is 9.95. The summed E-state index contributed by atoms with van der Waals surface area (Å²) in [6.45, 7) is 0.119. The van der Waals surface area contributed by atoms with Crippen LogP contribution in [0.15, 0.2) is 34.3 Å². The number of benzene rings is 1. The van der Waals surface area contributed by atoms with Crippen LogP contribution in [0, 0.1) is 0 Å². The van der Waals surface area contributed by atoms with Gasteiger partial charge in [0.05, 0.1) is 10.6 Å². The number of oxime groups is 1. The van der Waals surface area contributed by atoms with E-state index in [1.807, 2.05) is 0 Å². The number of carbonyl (C=O) groups is 1. The maximum absolute atomic E-state index is 12.7. The lowest BCUT2D eigenvalue weighted by molar-refractivity contribution is -0.274. The first-order valence-corrected chi connectivity index (χ1v) is 11.9. The van der Waals surface area contributed by atoms with Crippen LogP contribution in [0.1, 0.15) is 44.9 Å². The van der Waals surface area contributed by atoms with E-state index in [1.54, 1.807) is 0 Å². The summed E-state index contributed by atoms with van der Waals surface area (Å²) in [6, 6.07) is 4.27. The van der Waals surface area contributed by atoms with Crippen LogP contribution in [-0.4, -0.2) is 56.4 Å². The highest BCUT2D eigenvalue weighted by molar-refractivity contribution is 7.89. The van der Waals surface area contributed by atoms with Crippen molar-refractivity contribution in [2.75, 3.05) is 19.7 Å². The van der Waals surface area contributed by atoms with Gasteiger partial charge >= 0.3 is 6.36 Å². The fourth-order valence-corrected chi connectivity index (χ4v) is 5.18. The van der Waals surface area contributed by atoms with Crippen LogP contribution in [0.3, 0.4) is 0 Å². The molecule has 0 spiro atoms. The molecule has 2 fully saturated rings. The van der Waals surface area contributed by atoms with Crippen molar-refractivity contribution in [3.8, 4) is 5.75 Å². The van der Waals surface area contributed by atoms with Crippen molar-refractivity contribution in [3.05, 3.63) is 24.3 Å². The van der Waals surface area contributed by atoms with Crippen LogP contribution >= 0.6 is 0 Å². The maximum atomic E-state index is 12.7. The normalized spacial score (nSPS) is 18.8. The first kappa shape index (κ1) is 24.3. The molecule has 3 rings (SSSR count). The van der Waals surface area contributed by atoms with E-state index in [0.29, 0.717) is 18.6 Å². The molecule has 0 atom stereocenters. The Morgan fingerprint density at radius 2 is 1.72 bits per heavy atom. The van der Waals surface area contributed by atoms with Gasteiger partial charge in [0.25, 0.3) is 5.91 Å². The molecule has 1 saturated heterocycles. The van der Waals surface area contributed by atoms with Gasteiger partial charge in [-0.15, -0.1) is 13.2 Å². The minimum atomic E-state index is -4.85. The number of hydrogen-bond acceptors (Lipinski definition) is 6. The number of rotatable bonds is 7. The molecule has 1 amide bonds. The molecule has 178 valence electrons. The van der Waals surface area contributed by atoms with Crippen LogP contribution in [0.4, 0.5) is 13.2 Å². The number of halogens is 3. The molecule has 1 aromatic carbocycles. The Balaban J connectivity index is 1.46. The highest BCUT2D eigenvalue weighted by Gasteiger charge is 2.32. The van der Waals surface area contributed by atoms with E-state index in [0.717, 1.165) is 49.9 Å². The molecular formula is C20H26F3N3O5S. The molecule has 12 heteroatoms. The topological polar surface area (TPSA) is 97.3 Å². The minimum absolute atomic E-state index is 0.122. The number of carbonyl (C=O) groups excluding carboxylic acids is 1. The first-order chi connectivity index (χ1) is 15.1. The van der Waals surface area contributed by atoms with Crippen LogP contribution in [0.25, 0.3) is 0 Å². The smallest absolute Gasteiger partial charge is 0.406 e. The SMILES string of the molecule is O=C(CON=C1CCN(S(=O)(=O)c2ccc(OC(F)(F)F)cc2)CC1)NC1CCCCC1. The Hall–Kier alpha value is -2.34.